The minimum atomic E-state index is -0.242. The molecule has 7 heteroatoms. The molecule has 2 N–H and O–H groups in total. The van der Waals surface area contributed by atoms with Crippen molar-refractivity contribution >= 4 is 16.9 Å². The van der Waals surface area contributed by atoms with Crippen molar-refractivity contribution in [3.63, 3.8) is 0 Å². The third-order valence-electron chi connectivity index (χ3n) is 5.20. The summed E-state index contributed by atoms with van der Waals surface area (Å²) < 4.78 is 7.22. The zero-order valence-corrected chi connectivity index (χ0v) is 17.4. The van der Waals surface area contributed by atoms with Crippen molar-refractivity contribution in [2.24, 2.45) is 0 Å². The summed E-state index contributed by atoms with van der Waals surface area (Å²) in [7, 11) is 1.61. The molecule has 0 radical (unpaired) electrons. The maximum atomic E-state index is 13.2. The fourth-order valence-corrected chi connectivity index (χ4v) is 3.64. The monoisotopic (exact) mass is 423 g/mol. The fraction of sp³-hybridized carbons (Fsp3) is 0.0800. The van der Waals surface area contributed by atoms with Crippen molar-refractivity contribution in [1.82, 2.24) is 25.1 Å². The van der Waals surface area contributed by atoms with E-state index in [1.807, 2.05) is 78.9 Å². The molecule has 5 rings (SSSR count). The van der Waals surface area contributed by atoms with Crippen molar-refractivity contribution in [1.29, 1.82) is 0 Å². The molecule has 32 heavy (non-hydrogen) atoms. The van der Waals surface area contributed by atoms with Gasteiger partial charge in [0.05, 0.1) is 35.9 Å². The van der Waals surface area contributed by atoms with Gasteiger partial charge in [-0.25, -0.2) is 9.67 Å². The molecule has 1 amide bonds. The first-order valence-electron chi connectivity index (χ1n) is 10.2. The van der Waals surface area contributed by atoms with E-state index in [0.717, 1.165) is 22.3 Å². The number of aromatic nitrogens is 4. The number of hydrogen-bond acceptors (Lipinski definition) is 4. The molecule has 0 aliphatic rings. The molecule has 7 nitrogen and oxygen atoms in total. The molecule has 0 bridgehead atoms. The lowest BCUT2D eigenvalue weighted by Gasteiger charge is -2.08. The zero-order chi connectivity index (χ0) is 21.9. The fourth-order valence-electron chi connectivity index (χ4n) is 3.64. The number of ether oxygens (including phenoxy) is 1. The molecule has 0 spiro atoms. The number of imidazole rings is 1. The largest absolute Gasteiger partial charge is 0.496 e. The van der Waals surface area contributed by atoms with Gasteiger partial charge in [-0.2, -0.15) is 5.10 Å². The summed E-state index contributed by atoms with van der Waals surface area (Å²) in [6, 6.07) is 25.0. The van der Waals surface area contributed by atoms with Crippen LogP contribution in [0, 0.1) is 0 Å². The van der Waals surface area contributed by atoms with Crippen LogP contribution in [0.1, 0.15) is 16.2 Å². The molecule has 2 heterocycles. The Bertz CT molecular complexity index is 1360. The summed E-state index contributed by atoms with van der Waals surface area (Å²) in [6.45, 7) is 0.273. The van der Waals surface area contributed by atoms with Crippen LogP contribution in [-0.4, -0.2) is 32.8 Å². The molecule has 0 fully saturated rings. The third kappa shape index (κ3) is 3.72. The Morgan fingerprint density at radius 2 is 1.75 bits per heavy atom. The first-order chi connectivity index (χ1) is 15.7. The number of methoxy groups -OCH3 is 1. The second kappa shape index (κ2) is 8.39. The van der Waals surface area contributed by atoms with Crippen LogP contribution in [0.2, 0.25) is 0 Å². The Kier molecular flexibility index (Phi) is 5.13. The quantitative estimate of drug-likeness (QED) is 0.425. The van der Waals surface area contributed by atoms with Crippen molar-refractivity contribution < 1.29 is 9.53 Å². The standard InChI is InChI=1S/C25H21N5O2/c1-32-22-14-8-5-11-18(22)24-19(16-30(29-24)17-9-3-2-4-10-17)25(31)26-15-23-27-20-12-6-7-13-21(20)28-23/h2-14,16H,15H2,1H3,(H,26,31)(H,27,28). The number of H-pyrrole nitrogens is 1. The number of fused-ring (bicyclic) bond motifs is 1. The lowest BCUT2D eigenvalue weighted by molar-refractivity contribution is 0.0950. The van der Waals surface area contributed by atoms with E-state index < -0.39 is 0 Å². The molecule has 0 atom stereocenters. The number of rotatable bonds is 6. The Morgan fingerprint density at radius 1 is 1.00 bits per heavy atom. The van der Waals surface area contributed by atoms with Crippen LogP contribution >= 0.6 is 0 Å². The number of nitrogens with one attached hydrogen (secondary N) is 2. The molecule has 0 aliphatic heterocycles. The molecule has 0 saturated heterocycles. The molecule has 3 aromatic carbocycles. The number of carbonyl (C=O) groups excluding carboxylic acids is 1. The van der Waals surface area contributed by atoms with Crippen LogP contribution in [0.4, 0.5) is 0 Å². The lowest BCUT2D eigenvalue weighted by atomic mass is 10.1. The van der Waals surface area contributed by atoms with Gasteiger partial charge < -0.3 is 15.0 Å². The van der Waals surface area contributed by atoms with Gasteiger partial charge in [-0.05, 0) is 36.4 Å². The molecule has 5 aromatic rings. The van der Waals surface area contributed by atoms with Crippen LogP contribution in [0.5, 0.6) is 5.75 Å². The first kappa shape index (κ1) is 19.6. The van der Waals surface area contributed by atoms with E-state index in [1.54, 1.807) is 18.0 Å². The second-order valence-electron chi connectivity index (χ2n) is 7.26. The number of para-hydroxylation sites is 4. The highest BCUT2D eigenvalue weighted by Gasteiger charge is 2.21. The van der Waals surface area contributed by atoms with Crippen molar-refractivity contribution in [3.05, 3.63) is 96.4 Å². The highest BCUT2D eigenvalue weighted by Crippen LogP contribution is 2.31. The maximum absolute atomic E-state index is 13.2. The maximum Gasteiger partial charge on any atom is 0.255 e. The van der Waals surface area contributed by atoms with Gasteiger partial charge in [-0.15, -0.1) is 0 Å². The van der Waals surface area contributed by atoms with Crippen molar-refractivity contribution in [3.8, 4) is 22.7 Å². The van der Waals surface area contributed by atoms with E-state index >= 15 is 0 Å². The third-order valence-corrected chi connectivity index (χ3v) is 5.20. The van der Waals surface area contributed by atoms with Crippen LogP contribution in [0.15, 0.2) is 85.1 Å². The Hall–Kier alpha value is -4.39. The van der Waals surface area contributed by atoms with Gasteiger partial charge in [0.2, 0.25) is 0 Å². The van der Waals surface area contributed by atoms with Crippen LogP contribution in [-0.2, 0) is 6.54 Å². The Morgan fingerprint density at radius 3 is 2.56 bits per heavy atom. The summed E-state index contributed by atoms with van der Waals surface area (Å²) in [5.74, 6) is 1.10. The molecule has 158 valence electrons. The number of hydrogen-bond donors (Lipinski definition) is 2. The van der Waals surface area contributed by atoms with E-state index in [1.165, 1.54) is 0 Å². The molecule has 0 unspecified atom stereocenters. The Labute approximate surface area is 184 Å². The SMILES string of the molecule is COc1ccccc1-c1nn(-c2ccccc2)cc1C(=O)NCc1nc2ccccc2[nH]1. The van der Waals surface area contributed by atoms with E-state index in [9.17, 15) is 4.79 Å². The predicted molar refractivity (Wildman–Crippen MR) is 123 cm³/mol. The van der Waals surface area contributed by atoms with Gasteiger partial charge in [-0.3, -0.25) is 4.79 Å². The summed E-state index contributed by atoms with van der Waals surface area (Å²) in [6.07, 6.45) is 1.74. The average molecular weight is 423 g/mol. The highest BCUT2D eigenvalue weighted by molar-refractivity contribution is 6.00. The summed E-state index contributed by atoms with van der Waals surface area (Å²) in [5.41, 5.74) is 4.41. The van der Waals surface area contributed by atoms with Gasteiger partial charge >= 0.3 is 0 Å². The van der Waals surface area contributed by atoms with Gasteiger partial charge in [0.25, 0.3) is 5.91 Å². The number of carbonyl (C=O) groups is 1. The molecule has 2 aromatic heterocycles. The van der Waals surface area contributed by atoms with Gasteiger partial charge in [0.1, 0.15) is 17.3 Å². The number of amides is 1. The molecule has 0 saturated carbocycles. The number of nitrogens with zero attached hydrogens (tertiary/aromatic N) is 3. The lowest BCUT2D eigenvalue weighted by Crippen LogP contribution is -2.23. The molecular formula is C25H21N5O2. The smallest absolute Gasteiger partial charge is 0.255 e. The topological polar surface area (TPSA) is 84.8 Å². The van der Waals surface area contributed by atoms with E-state index in [0.29, 0.717) is 22.8 Å². The predicted octanol–water partition coefficient (Wildman–Crippen LogP) is 4.35. The van der Waals surface area contributed by atoms with Gasteiger partial charge in [0.15, 0.2) is 0 Å². The zero-order valence-electron chi connectivity index (χ0n) is 17.4. The first-order valence-corrected chi connectivity index (χ1v) is 10.2. The second-order valence-corrected chi connectivity index (χ2v) is 7.26. The molecule has 0 aliphatic carbocycles. The van der Waals surface area contributed by atoms with Crippen LogP contribution in [0.3, 0.4) is 0 Å². The van der Waals surface area contributed by atoms with E-state index in [2.05, 4.69) is 15.3 Å². The van der Waals surface area contributed by atoms with Gasteiger partial charge in [-0.1, -0.05) is 42.5 Å². The van der Waals surface area contributed by atoms with Crippen LogP contribution < -0.4 is 10.1 Å². The number of aromatic amines is 1. The number of benzene rings is 3. The van der Waals surface area contributed by atoms with Gasteiger partial charge in [0, 0.05) is 11.8 Å². The van der Waals surface area contributed by atoms with Crippen molar-refractivity contribution in [2.75, 3.05) is 7.11 Å². The summed E-state index contributed by atoms with van der Waals surface area (Å²) >= 11 is 0. The summed E-state index contributed by atoms with van der Waals surface area (Å²) in [4.78, 5) is 21.0. The van der Waals surface area contributed by atoms with E-state index in [4.69, 9.17) is 9.84 Å². The van der Waals surface area contributed by atoms with E-state index in [-0.39, 0.29) is 12.5 Å². The minimum Gasteiger partial charge on any atom is -0.496 e. The Balaban J connectivity index is 1.49. The van der Waals surface area contributed by atoms with Crippen LogP contribution in [0.25, 0.3) is 28.0 Å². The normalized spacial score (nSPS) is 10.9. The van der Waals surface area contributed by atoms with Crippen molar-refractivity contribution in [2.45, 2.75) is 6.54 Å². The highest BCUT2D eigenvalue weighted by atomic mass is 16.5. The summed E-state index contributed by atoms with van der Waals surface area (Å²) in [5, 5.41) is 7.68. The molecular weight excluding hydrogens is 402 g/mol. The minimum absolute atomic E-state index is 0.242. The average Bonchev–Trinajstić information content (AvgIpc) is 3.47.